The zero-order valence-electron chi connectivity index (χ0n) is 11.6. The Kier molecular flexibility index (Phi) is 4.40. The number of hydrogen-bond acceptors (Lipinski definition) is 5. The fourth-order valence-corrected chi connectivity index (χ4v) is 2.34. The Hall–Kier alpha value is -2.10. The minimum Gasteiger partial charge on any atom is -0.446 e. The Morgan fingerprint density at radius 3 is 2.05 bits per heavy atom. The van der Waals surface area contributed by atoms with Crippen LogP contribution >= 0.6 is 23.2 Å². The molecule has 1 aliphatic heterocycles. The average Bonchev–Trinajstić information content (AvgIpc) is 2.70. The molecule has 1 aromatic carbocycles. The lowest BCUT2D eigenvalue weighted by atomic mass is 10.1. The summed E-state index contributed by atoms with van der Waals surface area (Å²) >= 11 is 11.7. The van der Waals surface area contributed by atoms with E-state index in [-0.39, 0.29) is 21.2 Å². The molecule has 8 heteroatoms. The van der Waals surface area contributed by atoms with E-state index in [4.69, 9.17) is 33.2 Å². The lowest BCUT2D eigenvalue weighted by Gasteiger charge is -2.21. The molecule has 0 fully saturated rings. The number of amides is 2. The molecule has 1 heterocycles. The third kappa shape index (κ3) is 2.65. The number of halogens is 2. The molecule has 22 heavy (non-hydrogen) atoms. The monoisotopic (exact) mass is 340 g/mol. The van der Waals surface area contributed by atoms with Gasteiger partial charge in [-0.15, -0.1) is 0 Å². The fraction of sp³-hybridized carbons (Fsp3) is 0.286. The summed E-state index contributed by atoms with van der Waals surface area (Å²) in [5.41, 5.74) is 0.153. The zero-order chi connectivity index (χ0) is 16.6. The van der Waals surface area contributed by atoms with Crippen LogP contribution < -0.4 is 0 Å². The van der Waals surface area contributed by atoms with E-state index in [1.54, 1.807) is 6.07 Å². The number of nitriles is 1. The fourth-order valence-electron chi connectivity index (χ4n) is 2.01. The molecular formula is C14H10Cl2N2O4. The standard InChI is InChI=1S/C14H10Cl2N2O4/c1-6(5-17)22-14(21)7(2)18-12(19)8-3-10(15)11(16)4-9(8)13(18)20/h3-4,6-7H,1-2H3/t6-,7+/m1/s1. The second-order valence-electron chi connectivity index (χ2n) is 4.68. The van der Waals surface area contributed by atoms with Gasteiger partial charge in [-0.05, 0) is 26.0 Å². The summed E-state index contributed by atoms with van der Waals surface area (Å²) in [6.45, 7) is 2.73. The van der Waals surface area contributed by atoms with Crippen LogP contribution in [0, 0.1) is 11.3 Å². The second-order valence-corrected chi connectivity index (χ2v) is 5.49. The van der Waals surface area contributed by atoms with Gasteiger partial charge in [0.2, 0.25) is 0 Å². The number of esters is 1. The van der Waals surface area contributed by atoms with Crippen LogP contribution in [0.1, 0.15) is 34.6 Å². The number of carbonyl (C=O) groups is 3. The van der Waals surface area contributed by atoms with Crippen molar-refractivity contribution in [1.82, 2.24) is 4.90 Å². The summed E-state index contributed by atoms with van der Waals surface area (Å²) in [6.07, 6.45) is -0.978. The van der Waals surface area contributed by atoms with Crippen LogP contribution in [0.4, 0.5) is 0 Å². The lowest BCUT2D eigenvalue weighted by molar-refractivity contribution is -0.150. The van der Waals surface area contributed by atoms with Crippen molar-refractivity contribution >= 4 is 41.0 Å². The maximum atomic E-state index is 12.3. The minimum atomic E-state index is -1.17. The highest BCUT2D eigenvalue weighted by Gasteiger charge is 2.42. The molecule has 2 atom stereocenters. The Labute approximate surface area is 136 Å². The number of fused-ring (bicyclic) bond motifs is 1. The number of imide groups is 1. The highest BCUT2D eigenvalue weighted by atomic mass is 35.5. The Morgan fingerprint density at radius 2 is 1.64 bits per heavy atom. The molecule has 0 bridgehead atoms. The van der Waals surface area contributed by atoms with Crippen LogP contribution in [0.25, 0.3) is 0 Å². The smallest absolute Gasteiger partial charge is 0.330 e. The van der Waals surface area contributed by atoms with Gasteiger partial charge < -0.3 is 4.74 Å². The average molecular weight is 341 g/mol. The number of ether oxygens (including phenoxy) is 1. The third-order valence-corrected chi connectivity index (χ3v) is 3.88. The topological polar surface area (TPSA) is 87.5 Å². The molecule has 0 aromatic heterocycles. The van der Waals surface area contributed by atoms with Gasteiger partial charge >= 0.3 is 5.97 Å². The highest BCUT2D eigenvalue weighted by molar-refractivity contribution is 6.43. The quantitative estimate of drug-likeness (QED) is 0.622. The van der Waals surface area contributed by atoms with E-state index in [1.807, 2.05) is 0 Å². The number of benzene rings is 1. The lowest BCUT2D eigenvalue weighted by Crippen LogP contribution is -2.44. The molecule has 2 amide bonds. The molecule has 0 saturated carbocycles. The van der Waals surface area contributed by atoms with Crippen molar-refractivity contribution < 1.29 is 19.1 Å². The largest absolute Gasteiger partial charge is 0.446 e. The Morgan fingerprint density at radius 1 is 1.18 bits per heavy atom. The first-order valence-corrected chi connectivity index (χ1v) is 7.00. The van der Waals surface area contributed by atoms with Gasteiger partial charge in [-0.3, -0.25) is 14.5 Å². The predicted molar refractivity (Wildman–Crippen MR) is 77.6 cm³/mol. The second kappa shape index (κ2) is 5.95. The molecule has 1 aromatic rings. The van der Waals surface area contributed by atoms with Gasteiger partial charge in [0.15, 0.2) is 6.10 Å². The molecule has 0 N–H and O–H groups in total. The Balaban J connectivity index is 2.32. The van der Waals surface area contributed by atoms with E-state index in [1.165, 1.54) is 26.0 Å². The third-order valence-electron chi connectivity index (χ3n) is 3.16. The molecule has 1 aliphatic rings. The maximum Gasteiger partial charge on any atom is 0.330 e. The van der Waals surface area contributed by atoms with Crippen LogP contribution in [0.3, 0.4) is 0 Å². The van der Waals surface area contributed by atoms with Crippen molar-refractivity contribution in [2.24, 2.45) is 0 Å². The van der Waals surface area contributed by atoms with E-state index in [2.05, 4.69) is 0 Å². The molecule has 0 radical (unpaired) electrons. The predicted octanol–water partition coefficient (Wildman–Crippen LogP) is 2.43. The van der Waals surface area contributed by atoms with E-state index in [0.717, 1.165) is 4.90 Å². The van der Waals surface area contributed by atoms with Crippen molar-refractivity contribution in [1.29, 1.82) is 5.26 Å². The summed E-state index contributed by atoms with van der Waals surface area (Å²) in [6, 6.07) is 3.14. The number of carbonyl (C=O) groups excluding carboxylic acids is 3. The van der Waals surface area contributed by atoms with Gasteiger partial charge in [-0.1, -0.05) is 23.2 Å². The summed E-state index contributed by atoms with van der Waals surface area (Å²) in [5, 5.41) is 8.91. The van der Waals surface area contributed by atoms with Gasteiger partial charge in [0.25, 0.3) is 11.8 Å². The van der Waals surface area contributed by atoms with Gasteiger partial charge in [-0.2, -0.15) is 5.26 Å². The summed E-state index contributed by atoms with van der Waals surface area (Å²) in [5.74, 6) is -2.17. The van der Waals surface area contributed by atoms with Crippen molar-refractivity contribution in [3.63, 3.8) is 0 Å². The van der Waals surface area contributed by atoms with Crippen LogP contribution in [0.2, 0.25) is 10.0 Å². The number of nitrogens with zero attached hydrogens (tertiary/aromatic N) is 2. The van der Waals surface area contributed by atoms with Crippen LogP contribution in [-0.4, -0.2) is 34.8 Å². The first-order valence-electron chi connectivity index (χ1n) is 6.25. The first kappa shape index (κ1) is 16.3. The maximum absolute atomic E-state index is 12.3. The van der Waals surface area contributed by atoms with Crippen LogP contribution in [0.5, 0.6) is 0 Å². The highest BCUT2D eigenvalue weighted by Crippen LogP contribution is 2.32. The van der Waals surface area contributed by atoms with Crippen molar-refractivity contribution in [2.75, 3.05) is 0 Å². The summed E-state index contributed by atoms with van der Waals surface area (Å²) < 4.78 is 4.82. The van der Waals surface area contributed by atoms with Gasteiger partial charge in [0.1, 0.15) is 12.1 Å². The normalized spacial score (nSPS) is 16.0. The zero-order valence-corrected chi connectivity index (χ0v) is 13.1. The summed E-state index contributed by atoms with van der Waals surface area (Å²) in [4.78, 5) is 37.3. The van der Waals surface area contributed by atoms with Gasteiger partial charge in [0, 0.05) is 0 Å². The SMILES string of the molecule is C[C@H](C#N)OC(=O)[C@H](C)N1C(=O)c2cc(Cl)c(Cl)cc2C1=O. The molecule has 0 spiro atoms. The molecule has 0 saturated heterocycles. The van der Waals surface area contributed by atoms with Crippen molar-refractivity contribution in [2.45, 2.75) is 26.0 Å². The van der Waals surface area contributed by atoms with E-state index in [9.17, 15) is 14.4 Å². The summed E-state index contributed by atoms with van der Waals surface area (Å²) in [7, 11) is 0. The Bertz CT molecular complexity index is 685. The van der Waals surface area contributed by atoms with E-state index >= 15 is 0 Å². The molecule has 6 nitrogen and oxygen atoms in total. The van der Waals surface area contributed by atoms with Crippen molar-refractivity contribution in [3.8, 4) is 6.07 Å². The first-order chi connectivity index (χ1) is 10.3. The van der Waals surface area contributed by atoms with E-state index < -0.39 is 29.9 Å². The molecular weight excluding hydrogens is 331 g/mol. The molecule has 114 valence electrons. The van der Waals surface area contributed by atoms with E-state index in [0.29, 0.717) is 0 Å². The molecule has 0 unspecified atom stereocenters. The molecule has 0 aliphatic carbocycles. The van der Waals surface area contributed by atoms with Gasteiger partial charge in [-0.25, -0.2) is 4.79 Å². The molecule has 2 rings (SSSR count). The van der Waals surface area contributed by atoms with Crippen LogP contribution in [0.15, 0.2) is 12.1 Å². The van der Waals surface area contributed by atoms with Gasteiger partial charge in [0.05, 0.1) is 21.2 Å². The minimum absolute atomic E-state index is 0.0763. The van der Waals surface area contributed by atoms with Crippen LogP contribution in [-0.2, 0) is 9.53 Å². The number of hydrogen-bond donors (Lipinski definition) is 0. The number of rotatable bonds is 3. The van der Waals surface area contributed by atoms with Crippen molar-refractivity contribution in [3.05, 3.63) is 33.3 Å².